The summed E-state index contributed by atoms with van der Waals surface area (Å²) >= 11 is 1.12. The third-order valence-electron chi connectivity index (χ3n) is 5.12. The number of fused-ring (bicyclic) bond motifs is 1. The summed E-state index contributed by atoms with van der Waals surface area (Å²) in [6.07, 6.45) is 0.173. The zero-order chi connectivity index (χ0) is 22.1. The van der Waals surface area contributed by atoms with Crippen LogP contribution in [0.2, 0.25) is 0 Å². The highest BCUT2D eigenvalue weighted by Crippen LogP contribution is 2.50. The highest BCUT2D eigenvalue weighted by Gasteiger charge is 2.34. The third-order valence-corrected chi connectivity index (χ3v) is 6.41. The lowest BCUT2D eigenvalue weighted by molar-refractivity contribution is -0.116. The van der Waals surface area contributed by atoms with E-state index in [4.69, 9.17) is 9.47 Å². The van der Waals surface area contributed by atoms with Gasteiger partial charge in [-0.1, -0.05) is 18.2 Å². The zero-order valence-corrected chi connectivity index (χ0v) is 17.7. The first kappa shape index (κ1) is 20.9. The lowest BCUT2D eigenvalue weighted by Crippen LogP contribution is -2.22. The van der Waals surface area contributed by atoms with Gasteiger partial charge in [0.05, 0.1) is 19.4 Å². The Morgan fingerprint density at radius 3 is 2.61 bits per heavy atom. The molecular formula is C23H20FNO5S. The first-order valence-corrected chi connectivity index (χ1v) is 10.5. The van der Waals surface area contributed by atoms with Gasteiger partial charge in [-0.25, -0.2) is 9.18 Å². The second-order valence-corrected chi connectivity index (χ2v) is 8.06. The number of amides is 1. The van der Waals surface area contributed by atoms with E-state index in [-0.39, 0.29) is 23.1 Å². The molecule has 0 aliphatic carbocycles. The van der Waals surface area contributed by atoms with E-state index in [0.717, 1.165) is 21.8 Å². The van der Waals surface area contributed by atoms with E-state index in [1.54, 1.807) is 13.2 Å². The number of rotatable bonds is 6. The third kappa shape index (κ3) is 3.86. The van der Waals surface area contributed by atoms with Crippen LogP contribution in [0, 0.1) is 5.82 Å². The first-order valence-electron chi connectivity index (χ1n) is 9.69. The number of benzene rings is 2. The van der Waals surface area contributed by atoms with Gasteiger partial charge in [0, 0.05) is 22.8 Å². The van der Waals surface area contributed by atoms with Crippen molar-refractivity contribution in [2.75, 3.05) is 19.0 Å². The fourth-order valence-electron chi connectivity index (χ4n) is 3.77. The van der Waals surface area contributed by atoms with Crippen LogP contribution in [0.15, 0.2) is 42.5 Å². The van der Waals surface area contributed by atoms with Crippen LogP contribution in [-0.2, 0) is 4.79 Å². The number of ether oxygens (including phenoxy) is 2. The van der Waals surface area contributed by atoms with E-state index >= 15 is 0 Å². The van der Waals surface area contributed by atoms with E-state index in [1.807, 2.05) is 19.1 Å². The quantitative estimate of drug-likeness (QED) is 0.554. The Bertz CT molecular complexity index is 1160. The second kappa shape index (κ2) is 8.39. The summed E-state index contributed by atoms with van der Waals surface area (Å²) in [5.74, 6) is -0.947. The van der Waals surface area contributed by atoms with Crippen LogP contribution >= 0.6 is 11.3 Å². The maximum Gasteiger partial charge on any atom is 0.346 e. The minimum absolute atomic E-state index is 0.0988. The van der Waals surface area contributed by atoms with E-state index in [1.165, 1.54) is 24.3 Å². The smallest absolute Gasteiger partial charge is 0.346 e. The maximum atomic E-state index is 13.4. The van der Waals surface area contributed by atoms with Gasteiger partial charge in [-0.15, -0.1) is 11.3 Å². The number of anilines is 1. The summed E-state index contributed by atoms with van der Waals surface area (Å²) < 4.78 is 24.4. The molecule has 1 aliphatic rings. The SMILES string of the molecule is CCOc1ccc([C@@H]2CC(=O)Nc3c2sc(C(=O)O)c3-c2ccc(F)cc2)cc1OC. The molecule has 0 spiro atoms. The van der Waals surface area contributed by atoms with Crippen molar-refractivity contribution in [2.24, 2.45) is 0 Å². The van der Waals surface area contributed by atoms with Crippen molar-refractivity contribution >= 4 is 28.9 Å². The largest absolute Gasteiger partial charge is 0.493 e. The summed E-state index contributed by atoms with van der Waals surface area (Å²) in [6, 6.07) is 11.0. The van der Waals surface area contributed by atoms with Gasteiger partial charge in [0.1, 0.15) is 10.7 Å². The monoisotopic (exact) mass is 441 g/mol. The zero-order valence-electron chi connectivity index (χ0n) is 16.9. The number of carboxylic acids is 1. The standard InChI is InChI=1S/C23H20FNO5S/c1-3-30-16-9-6-13(10-17(16)29-2)15-11-18(26)25-20-19(12-4-7-14(24)8-5-12)22(23(27)28)31-21(15)20/h4-10,15H,3,11H2,1-2H3,(H,25,26)(H,27,28)/t15-/m0/s1. The predicted octanol–water partition coefficient (Wildman–Crippen LogP) is 5.13. The van der Waals surface area contributed by atoms with Gasteiger partial charge >= 0.3 is 5.97 Å². The Morgan fingerprint density at radius 1 is 1.23 bits per heavy atom. The molecule has 1 atom stereocenters. The van der Waals surface area contributed by atoms with Crippen LogP contribution in [-0.4, -0.2) is 30.7 Å². The Morgan fingerprint density at radius 2 is 1.97 bits per heavy atom. The van der Waals surface area contributed by atoms with Crippen molar-refractivity contribution in [2.45, 2.75) is 19.3 Å². The van der Waals surface area contributed by atoms with Gasteiger partial charge in [0.25, 0.3) is 0 Å². The molecule has 2 aromatic carbocycles. The highest BCUT2D eigenvalue weighted by molar-refractivity contribution is 7.15. The van der Waals surface area contributed by atoms with Crippen molar-refractivity contribution in [1.82, 2.24) is 0 Å². The van der Waals surface area contributed by atoms with Gasteiger partial charge in [-0.3, -0.25) is 4.79 Å². The van der Waals surface area contributed by atoms with Crippen LogP contribution in [0.1, 0.15) is 39.4 Å². The minimum atomic E-state index is -1.10. The van der Waals surface area contributed by atoms with E-state index in [2.05, 4.69) is 5.32 Å². The normalized spacial score (nSPS) is 15.2. The molecule has 3 aromatic rings. The summed E-state index contributed by atoms with van der Waals surface area (Å²) in [5.41, 5.74) is 2.20. The molecule has 2 heterocycles. The van der Waals surface area contributed by atoms with Gasteiger partial charge in [0.2, 0.25) is 5.91 Å². The number of hydrogen-bond donors (Lipinski definition) is 2. The predicted molar refractivity (Wildman–Crippen MR) is 116 cm³/mol. The van der Waals surface area contributed by atoms with Crippen LogP contribution < -0.4 is 14.8 Å². The molecule has 1 aliphatic heterocycles. The summed E-state index contributed by atoms with van der Waals surface area (Å²) in [5, 5.41) is 12.7. The fraction of sp³-hybridized carbons (Fsp3) is 0.217. The molecular weight excluding hydrogens is 421 g/mol. The molecule has 0 radical (unpaired) electrons. The number of carboxylic acid groups (broad SMARTS) is 1. The van der Waals surface area contributed by atoms with Gasteiger partial charge < -0.3 is 19.9 Å². The number of carbonyl (C=O) groups is 2. The molecule has 0 saturated heterocycles. The Kier molecular flexibility index (Phi) is 5.65. The lowest BCUT2D eigenvalue weighted by Gasteiger charge is -2.24. The average molecular weight is 441 g/mol. The van der Waals surface area contributed by atoms with Crippen molar-refractivity contribution in [3.8, 4) is 22.6 Å². The molecule has 8 heteroatoms. The number of methoxy groups -OCH3 is 1. The number of halogens is 1. The molecule has 0 fully saturated rings. The molecule has 0 unspecified atom stereocenters. The van der Waals surface area contributed by atoms with E-state index in [0.29, 0.717) is 34.9 Å². The van der Waals surface area contributed by atoms with Crippen molar-refractivity contribution in [3.63, 3.8) is 0 Å². The molecule has 4 rings (SSSR count). The number of hydrogen-bond acceptors (Lipinski definition) is 5. The van der Waals surface area contributed by atoms with E-state index < -0.39 is 11.8 Å². The van der Waals surface area contributed by atoms with Crippen molar-refractivity contribution < 1.29 is 28.6 Å². The Hall–Kier alpha value is -3.39. The van der Waals surface area contributed by atoms with Crippen molar-refractivity contribution in [3.05, 3.63) is 63.6 Å². The number of aromatic carboxylic acids is 1. The topological polar surface area (TPSA) is 84.9 Å². The molecule has 6 nitrogen and oxygen atoms in total. The molecule has 0 saturated carbocycles. The Balaban J connectivity index is 1.87. The van der Waals surface area contributed by atoms with Crippen LogP contribution in [0.3, 0.4) is 0 Å². The molecule has 31 heavy (non-hydrogen) atoms. The number of thiophene rings is 1. The lowest BCUT2D eigenvalue weighted by atomic mass is 9.88. The van der Waals surface area contributed by atoms with Gasteiger partial charge in [0.15, 0.2) is 11.5 Å². The van der Waals surface area contributed by atoms with Crippen LogP contribution in [0.5, 0.6) is 11.5 Å². The highest BCUT2D eigenvalue weighted by atomic mass is 32.1. The first-order chi connectivity index (χ1) is 14.9. The number of carbonyl (C=O) groups excluding carboxylic acids is 1. The molecule has 160 valence electrons. The maximum absolute atomic E-state index is 13.4. The summed E-state index contributed by atoms with van der Waals surface area (Å²) in [4.78, 5) is 25.4. The summed E-state index contributed by atoms with van der Waals surface area (Å²) in [6.45, 7) is 2.36. The van der Waals surface area contributed by atoms with E-state index in [9.17, 15) is 19.1 Å². The molecule has 1 aromatic heterocycles. The molecule has 2 N–H and O–H groups in total. The number of nitrogens with one attached hydrogen (secondary N) is 1. The van der Waals surface area contributed by atoms with Crippen LogP contribution in [0.4, 0.5) is 10.1 Å². The Labute approximate surface area is 182 Å². The molecule has 1 amide bonds. The second-order valence-electron chi connectivity index (χ2n) is 7.01. The van der Waals surface area contributed by atoms with Gasteiger partial charge in [-0.05, 0) is 42.3 Å². The van der Waals surface area contributed by atoms with Gasteiger partial charge in [-0.2, -0.15) is 0 Å². The minimum Gasteiger partial charge on any atom is -0.493 e. The summed E-state index contributed by atoms with van der Waals surface area (Å²) in [7, 11) is 1.54. The van der Waals surface area contributed by atoms with Crippen molar-refractivity contribution in [1.29, 1.82) is 0 Å². The average Bonchev–Trinajstić information content (AvgIpc) is 3.14. The fourth-order valence-corrected chi connectivity index (χ4v) is 5.02. The molecule has 0 bridgehead atoms. The van der Waals surface area contributed by atoms with Crippen LogP contribution in [0.25, 0.3) is 11.1 Å².